The number of ether oxygens (including phenoxy) is 2. The minimum absolute atomic E-state index is 0.0976. The van der Waals surface area contributed by atoms with Crippen LogP contribution in [-0.2, 0) is 16.0 Å². The molecule has 0 radical (unpaired) electrons. The van der Waals surface area contributed by atoms with Crippen LogP contribution in [0, 0.1) is 11.3 Å². The molecule has 24 heavy (non-hydrogen) atoms. The number of aromatic nitrogens is 2. The Labute approximate surface area is 145 Å². The number of nitrogens with zero attached hydrogens (tertiary/aromatic N) is 3. The molecule has 4 rings (SSSR count). The molecular formula is C17H20ClN3O3. The van der Waals surface area contributed by atoms with Gasteiger partial charge in [-0.1, -0.05) is 28.9 Å². The fraction of sp³-hybridized carbons (Fsp3) is 0.529. The topological polar surface area (TPSA) is 60.6 Å². The normalized spacial score (nSPS) is 26.8. The van der Waals surface area contributed by atoms with Crippen molar-refractivity contribution in [2.24, 2.45) is 11.3 Å². The van der Waals surface area contributed by atoms with E-state index in [9.17, 15) is 0 Å². The van der Waals surface area contributed by atoms with E-state index in [1.165, 1.54) is 0 Å². The quantitative estimate of drug-likeness (QED) is 0.826. The van der Waals surface area contributed by atoms with E-state index in [1.807, 2.05) is 24.3 Å². The number of likely N-dealkylation sites (tertiary alicyclic amines) is 1. The van der Waals surface area contributed by atoms with E-state index >= 15 is 0 Å². The maximum atomic E-state index is 6.20. The molecule has 2 atom stereocenters. The average molecular weight is 350 g/mol. The van der Waals surface area contributed by atoms with Crippen LogP contribution in [0.25, 0.3) is 11.4 Å². The predicted molar refractivity (Wildman–Crippen MR) is 88.6 cm³/mol. The first-order valence-electron chi connectivity index (χ1n) is 8.07. The summed E-state index contributed by atoms with van der Waals surface area (Å²) in [6.07, 6.45) is 0. The largest absolute Gasteiger partial charge is 0.384 e. The van der Waals surface area contributed by atoms with Gasteiger partial charge in [0.2, 0.25) is 11.7 Å². The van der Waals surface area contributed by atoms with Crippen LogP contribution in [0.5, 0.6) is 0 Å². The molecule has 3 heterocycles. The fourth-order valence-electron chi connectivity index (χ4n) is 3.82. The van der Waals surface area contributed by atoms with Crippen LogP contribution in [-0.4, -0.2) is 55.1 Å². The Morgan fingerprint density at radius 1 is 1.42 bits per heavy atom. The molecule has 1 aromatic heterocycles. The SMILES string of the molecule is COC[C@@]12COC[C@@H]1CN(Cc1nc(-c3ccccc3Cl)no1)C2. The van der Waals surface area contributed by atoms with E-state index in [0.29, 0.717) is 29.2 Å². The number of methoxy groups -OCH3 is 1. The first-order valence-corrected chi connectivity index (χ1v) is 8.44. The maximum absolute atomic E-state index is 6.20. The first-order chi connectivity index (χ1) is 11.7. The number of rotatable bonds is 5. The standard InChI is InChI=1S/C17H20ClN3O3/c1-22-10-17-9-21(6-12(17)8-23-11-17)7-15-19-16(20-24-15)13-4-2-3-5-14(13)18/h2-5,12H,6-11H2,1H3/t12-,17-/m0/s1. The molecule has 2 fully saturated rings. The summed E-state index contributed by atoms with van der Waals surface area (Å²) in [5, 5.41) is 4.69. The molecule has 1 aromatic carbocycles. The summed E-state index contributed by atoms with van der Waals surface area (Å²) in [5.74, 6) is 1.65. The summed E-state index contributed by atoms with van der Waals surface area (Å²) < 4.78 is 16.5. The summed E-state index contributed by atoms with van der Waals surface area (Å²) in [6, 6.07) is 7.51. The van der Waals surface area contributed by atoms with Crippen molar-refractivity contribution in [3.8, 4) is 11.4 Å². The van der Waals surface area contributed by atoms with Gasteiger partial charge in [0.15, 0.2) is 0 Å². The lowest BCUT2D eigenvalue weighted by Crippen LogP contribution is -2.35. The number of benzene rings is 1. The zero-order valence-electron chi connectivity index (χ0n) is 13.6. The Balaban J connectivity index is 1.47. The van der Waals surface area contributed by atoms with Gasteiger partial charge in [-0.05, 0) is 12.1 Å². The van der Waals surface area contributed by atoms with Crippen LogP contribution in [0.15, 0.2) is 28.8 Å². The Kier molecular flexibility index (Phi) is 4.30. The van der Waals surface area contributed by atoms with Gasteiger partial charge in [0.1, 0.15) is 0 Å². The summed E-state index contributed by atoms with van der Waals surface area (Å²) in [7, 11) is 1.75. The molecular weight excluding hydrogens is 330 g/mol. The van der Waals surface area contributed by atoms with E-state index in [0.717, 1.165) is 38.5 Å². The second-order valence-corrected chi connectivity index (χ2v) is 7.08. The molecule has 128 valence electrons. The lowest BCUT2D eigenvalue weighted by molar-refractivity contribution is 0.0522. The van der Waals surface area contributed by atoms with Gasteiger partial charge in [0.05, 0.1) is 31.4 Å². The Morgan fingerprint density at radius 3 is 3.12 bits per heavy atom. The van der Waals surface area contributed by atoms with Crippen molar-refractivity contribution >= 4 is 11.6 Å². The monoisotopic (exact) mass is 349 g/mol. The Morgan fingerprint density at radius 2 is 2.29 bits per heavy atom. The lowest BCUT2D eigenvalue weighted by atomic mass is 9.82. The minimum atomic E-state index is 0.0976. The molecule has 0 amide bonds. The third-order valence-electron chi connectivity index (χ3n) is 4.97. The van der Waals surface area contributed by atoms with Gasteiger partial charge in [-0.2, -0.15) is 4.98 Å². The van der Waals surface area contributed by atoms with E-state index in [1.54, 1.807) is 7.11 Å². The lowest BCUT2D eigenvalue weighted by Gasteiger charge is -2.25. The van der Waals surface area contributed by atoms with Crippen molar-refractivity contribution in [1.29, 1.82) is 0 Å². The number of halogens is 1. The summed E-state index contributed by atoms with van der Waals surface area (Å²) in [4.78, 5) is 6.84. The third kappa shape index (κ3) is 2.84. The van der Waals surface area contributed by atoms with Gasteiger partial charge in [-0.15, -0.1) is 0 Å². The maximum Gasteiger partial charge on any atom is 0.241 e. The van der Waals surface area contributed by atoms with E-state index in [4.69, 9.17) is 25.6 Å². The van der Waals surface area contributed by atoms with Gasteiger partial charge in [-0.25, -0.2) is 0 Å². The number of hydrogen-bond acceptors (Lipinski definition) is 6. The van der Waals surface area contributed by atoms with Crippen LogP contribution < -0.4 is 0 Å². The zero-order valence-corrected chi connectivity index (χ0v) is 14.3. The molecule has 2 aliphatic heterocycles. The summed E-state index contributed by atoms with van der Waals surface area (Å²) >= 11 is 6.20. The highest BCUT2D eigenvalue weighted by molar-refractivity contribution is 6.33. The Hall–Kier alpha value is -1.47. The molecule has 2 saturated heterocycles. The van der Waals surface area contributed by atoms with Crippen molar-refractivity contribution in [1.82, 2.24) is 15.0 Å². The first kappa shape index (κ1) is 16.0. The highest BCUT2D eigenvalue weighted by atomic mass is 35.5. The summed E-state index contributed by atoms with van der Waals surface area (Å²) in [6.45, 7) is 4.82. The predicted octanol–water partition coefficient (Wildman–Crippen LogP) is 2.48. The van der Waals surface area contributed by atoms with Gasteiger partial charge < -0.3 is 14.0 Å². The van der Waals surface area contributed by atoms with E-state index in [2.05, 4.69) is 15.0 Å². The van der Waals surface area contributed by atoms with Crippen LogP contribution in [0.1, 0.15) is 5.89 Å². The zero-order chi connectivity index (χ0) is 16.6. The Bertz CT molecular complexity index is 723. The third-order valence-corrected chi connectivity index (χ3v) is 5.29. The van der Waals surface area contributed by atoms with Crippen LogP contribution >= 0.6 is 11.6 Å². The molecule has 6 nitrogen and oxygen atoms in total. The molecule has 0 N–H and O–H groups in total. The van der Waals surface area contributed by atoms with Crippen molar-refractivity contribution in [3.63, 3.8) is 0 Å². The van der Waals surface area contributed by atoms with E-state index < -0.39 is 0 Å². The second-order valence-electron chi connectivity index (χ2n) is 6.67. The van der Waals surface area contributed by atoms with Crippen LogP contribution in [0.3, 0.4) is 0 Å². The fourth-order valence-corrected chi connectivity index (χ4v) is 4.04. The molecule has 2 aromatic rings. The molecule has 0 aliphatic carbocycles. The van der Waals surface area contributed by atoms with Crippen molar-refractivity contribution in [2.45, 2.75) is 6.54 Å². The van der Waals surface area contributed by atoms with Crippen LogP contribution in [0.2, 0.25) is 5.02 Å². The van der Waals surface area contributed by atoms with Gasteiger partial charge in [0.25, 0.3) is 0 Å². The molecule has 0 saturated carbocycles. The molecule has 0 spiro atoms. The second kappa shape index (κ2) is 6.44. The highest BCUT2D eigenvalue weighted by Gasteiger charge is 2.50. The average Bonchev–Trinajstić information content (AvgIpc) is 3.23. The summed E-state index contributed by atoms with van der Waals surface area (Å²) in [5.41, 5.74) is 0.886. The number of hydrogen-bond donors (Lipinski definition) is 0. The van der Waals surface area contributed by atoms with Crippen LogP contribution in [0.4, 0.5) is 0 Å². The van der Waals surface area contributed by atoms with E-state index in [-0.39, 0.29) is 5.41 Å². The number of fused-ring (bicyclic) bond motifs is 1. The smallest absolute Gasteiger partial charge is 0.241 e. The minimum Gasteiger partial charge on any atom is -0.384 e. The molecule has 0 bridgehead atoms. The molecule has 7 heteroatoms. The van der Waals surface area contributed by atoms with Gasteiger partial charge in [0, 0.05) is 37.1 Å². The van der Waals surface area contributed by atoms with Crippen molar-refractivity contribution < 1.29 is 14.0 Å². The van der Waals surface area contributed by atoms with Gasteiger partial charge >= 0.3 is 0 Å². The highest BCUT2D eigenvalue weighted by Crippen LogP contribution is 2.41. The molecule has 2 aliphatic rings. The van der Waals surface area contributed by atoms with Gasteiger partial charge in [-0.3, -0.25) is 4.90 Å². The molecule has 0 unspecified atom stereocenters. The van der Waals surface area contributed by atoms with Crippen molar-refractivity contribution in [2.75, 3.05) is 40.0 Å². The van der Waals surface area contributed by atoms with Crippen molar-refractivity contribution in [3.05, 3.63) is 35.2 Å².